The predicted molar refractivity (Wildman–Crippen MR) is 85.1 cm³/mol. The number of nitrogens with zero attached hydrogens (tertiary/aromatic N) is 1. The van der Waals surface area contributed by atoms with Crippen LogP contribution in [-0.4, -0.2) is 23.9 Å². The average Bonchev–Trinajstić information content (AvgIpc) is 2.53. The van der Waals surface area contributed by atoms with E-state index in [4.69, 9.17) is 0 Å². The molecule has 0 aliphatic carbocycles. The van der Waals surface area contributed by atoms with Gasteiger partial charge >= 0.3 is 0 Å². The number of nitrogens with one attached hydrogen (secondary N) is 1. The molecule has 1 atom stereocenters. The lowest BCUT2D eigenvalue weighted by Crippen LogP contribution is -2.39. The van der Waals surface area contributed by atoms with E-state index >= 15 is 0 Å². The van der Waals surface area contributed by atoms with Gasteiger partial charge in [0.1, 0.15) is 17.5 Å². The highest BCUT2D eigenvalue weighted by Gasteiger charge is 2.26. The second-order valence-electron chi connectivity index (χ2n) is 5.91. The van der Waals surface area contributed by atoms with E-state index in [0.29, 0.717) is 6.54 Å². The molecular weight excluding hydrogens is 317 g/mol. The summed E-state index contributed by atoms with van der Waals surface area (Å²) in [6.07, 6.45) is 0.720. The van der Waals surface area contributed by atoms with E-state index in [9.17, 15) is 18.0 Å². The van der Waals surface area contributed by atoms with Crippen molar-refractivity contribution < 1.29 is 18.0 Å². The first-order valence-electron chi connectivity index (χ1n) is 7.71. The van der Waals surface area contributed by atoms with E-state index < -0.39 is 17.5 Å². The van der Waals surface area contributed by atoms with Crippen LogP contribution in [0.1, 0.15) is 24.1 Å². The maximum atomic E-state index is 13.6. The Morgan fingerprint density at radius 2 is 1.88 bits per heavy atom. The van der Waals surface area contributed by atoms with Gasteiger partial charge in [-0.15, -0.1) is 0 Å². The van der Waals surface area contributed by atoms with Crippen LogP contribution in [0, 0.1) is 17.5 Å². The highest BCUT2D eigenvalue weighted by molar-refractivity contribution is 5.92. The Kier molecular flexibility index (Phi) is 4.57. The molecule has 1 N–H and O–H groups in total. The van der Waals surface area contributed by atoms with Crippen molar-refractivity contribution in [2.75, 3.05) is 18.4 Å². The molecule has 1 aliphatic rings. The molecule has 0 fully saturated rings. The number of anilines is 1. The van der Waals surface area contributed by atoms with Crippen LogP contribution in [0.4, 0.5) is 18.9 Å². The third kappa shape index (κ3) is 3.43. The lowest BCUT2D eigenvalue weighted by molar-refractivity contribution is -0.117. The van der Waals surface area contributed by atoms with Gasteiger partial charge in [0.25, 0.3) is 0 Å². The number of benzene rings is 2. The summed E-state index contributed by atoms with van der Waals surface area (Å²) in [5, 5.41) is 2.44. The Morgan fingerprint density at radius 1 is 1.17 bits per heavy atom. The Labute approximate surface area is 138 Å². The van der Waals surface area contributed by atoms with Gasteiger partial charge in [-0.1, -0.05) is 6.07 Å². The maximum Gasteiger partial charge on any atom is 0.238 e. The summed E-state index contributed by atoms with van der Waals surface area (Å²) in [5.74, 6) is -2.22. The quantitative estimate of drug-likeness (QED) is 0.929. The van der Waals surface area contributed by atoms with Gasteiger partial charge in [-0.3, -0.25) is 9.69 Å². The highest BCUT2D eigenvalue weighted by atomic mass is 19.1. The van der Waals surface area contributed by atoms with E-state index in [1.807, 2.05) is 11.8 Å². The summed E-state index contributed by atoms with van der Waals surface area (Å²) < 4.78 is 39.9. The Bertz CT molecular complexity index is 779. The van der Waals surface area contributed by atoms with Crippen molar-refractivity contribution in [1.29, 1.82) is 0 Å². The van der Waals surface area contributed by atoms with Crippen molar-refractivity contribution in [1.82, 2.24) is 4.90 Å². The Balaban J connectivity index is 1.69. The molecule has 0 radical (unpaired) electrons. The number of rotatable bonds is 3. The third-order valence-corrected chi connectivity index (χ3v) is 4.33. The molecule has 0 saturated heterocycles. The third-order valence-electron chi connectivity index (χ3n) is 4.33. The smallest absolute Gasteiger partial charge is 0.238 e. The fourth-order valence-electron chi connectivity index (χ4n) is 3.02. The summed E-state index contributed by atoms with van der Waals surface area (Å²) >= 11 is 0. The topological polar surface area (TPSA) is 32.3 Å². The summed E-state index contributed by atoms with van der Waals surface area (Å²) in [6.45, 7) is 2.61. The first-order valence-corrected chi connectivity index (χ1v) is 7.71. The monoisotopic (exact) mass is 334 g/mol. The minimum Gasteiger partial charge on any atom is -0.322 e. The maximum absolute atomic E-state index is 13.6. The Morgan fingerprint density at radius 3 is 2.62 bits per heavy atom. The molecule has 0 aromatic heterocycles. The van der Waals surface area contributed by atoms with Crippen molar-refractivity contribution in [3.63, 3.8) is 0 Å². The molecule has 0 bridgehead atoms. The lowest BCUT2D eigenvalue weighted by Gasteiger charge is -2.34. The van der Waals surface area contributed by atoms with Gasteiger partial charge in [-0.05, 0) is 48.7 Å². The van der Waals surface area contributed by atoms with Gasteiger partial charge in [0.15, 0.2) is 0 Å². The van der Waals surface area contributed by atoms with Gasteiger partial charge in [0.05, 0.1) is 12.2 Å². The van der Waals surface area contributed by atoms with Gasteiger partial charge < -0.3 is 5.32 Å². The highest BCUT2D eigenvalue weighted by Crippen LogP contribution is 2.29. The first-order chi connectivity index (χ1) is 11.4. The molecule has 1 aliphatic heterocycles. The zero-order chi connectivity index (χ0) is 17.3. The van der Waals surface area contributed by atoms with E-state index in [-0.39, 0.29) is 24.1 Å². The zero-order valence-corrected chi connectivity index (χ0v) is 13.2. The van der Waals surface area contributed by atoms with Crippen molar-refractivity contribution >= 4 is 11.6 Å². The number of hydrogen-bond donors (Lipinski definition) is 1. The molecule has 0 spiro atoms. The van der Waals surface area contributed by atoms with Crippen molar-refractivity contribution in [3.05, 3.63) is 65.0 Å². The molecule has 0 saturated carbocycles. The van der Waals surface area contributed by atoms with Crippen LogP contribution < -0.4 is 5.32 Å². The molecule has 24 heavy (non-hydrogen) atoms. The summed E-state index contributed by atoms with van der Waals surface area (Å²) in [7, 11) is 0. The van der Waals surface area contributed by atoms with E-state index in [0.717, 1.165) is 29.7 Å². The standard InChI is InChI=1S/C18H17F3N2O/c1-11-15-8-13(19)3-2-12(15)6-7-23(11)10-18(24)22-17-5-4-14(20)9-16(17)21/h2-5,8-9,11H,6-7,10H2,1H3,(H,22,24). The Hall–Kier alpha value is -2.34. The second kappa shape index (κ2) is 6.65. The summed E-state index contributed by atoms with van der Waals surface area (Å²) in [4.78, 5) is 14.1. The second-order valence-corrected chi connectivity index (χ2v) is 5.91. The molecule has 2 aromatic rings. The van der Waals surface area contributed by atoms with E-state index in [1.165, 1.54) is 18.2 Å². The average molecular weight is 334 g/mol. The van der Waals surface area contributed by atoms with E-state index in [2.05, 4.69) is 5.32 Å². The molecule has 1 heterocycles. The van der Waals surface area contributed by atoms with Crippen molar-refractivity contribution in [2.45, 2.75) is 19.4 Å². The molecule has 1 unspecified atom stereocenters. The minimum absolute atomic E-state index is 0.0495. The lowest BCUT2D eigenvalue weighted by atomic mass is 9.93. The number of carbonyl (C=O) groups is 1. The fraction of sp³-hybridized carbons (Fsp3) is 0.278. The van der Waals surface area contributed by atoms with Gasteiger partial charge in [0.2, 0.25) is 5.91 Å². The number of halogens is 3. The molecule has 2 aromatic carbocycles. The number of hydrogen-bond acceptors (Lipinski definition) is 2. The van der Waals surface area contributed by atoms with Crippen LogP contribution in [0.3, 0.4) is 0 Å². The summed E-state index contributed by atoms with van der Waals surface area (Å²) in [6, 6.07) is 7.57. The predicted octanol–water partition coefficient (Wildman–Crippen LogP) is 3.66. The van der Waals surface area contributed by atoms with Gasteiger partial charge in [0, 0.05) is 18.7 Å². The number of amides is 1. The zero-order valence-electron chi connectivity index (χ0n) is 13.2. The molecule has 6 heteroatoms. The number of fused-ring (bicyclic) bond motifs is 1. The molecule has 1 amide bonds. The number of carbonyl (C=O) groups excluding carboxylic acids is 1. The fourth-order valence-corrected chi connectivity index (χ4v) is 3.02. The van der Waals surface area contributed by atoms with Crippen LogP contribution in [0.25, 0.3) is 0 Å². The van der Waals surface area contributed by atoms with Gasteiger partial charge in [-0.2, -0.15) is 0 Å². The summed E-state index contributed by atoms with van der Waals surface area (Å²) in [5.41, 5.74) is 1.88. The SMILES string of the molecule is CC1c2cc(F)ccc2CCN1CC(=O)Nc1ccc(F)cc1F. The largest absolute Gasteiger partial charge is 0.322 e. The van der Waals surface area contributed by atoms with Crippen LogP contribution >= 0.6 is 0 Å². The minimum atomic E-state index is -0.817. The van der Waals surface area contributed by atoms with Crippen LogP contribution in [-0.2, 0) is 11.2 Å². The normalized spacial score (nSPS) is 17.4. The van der Waals surface area contributed by atoms with Crippen molar-refractivity contribution in [2.24, 2.45) is 0 Å². The molecule has 3 nitrogen and oxygen atoms in total. The van der Waals surface area contributed by atoms with Crippen LogP contribution in [0.5, 0.6) is 0 Å². The van der Waals surface area contributed by atoms with Crippen LogP contribution in [0.15, 0.2) is 36.4 Å². The molecular formula is C18H17F3N2O. The van der Waals surface area contributed by atoms with Crippen LogP contribution in [0.2, 0.25) is 0 Å². The van der Waals surface area contributed by atoms with Crippen molar-refractivity contribution in [3.8, 4) is 0 Å². The van der Waals surface area contributed by atoms with Gasteiger partial charge in [-0.25, -0.2) is 13.2 Å². The van der Waals surface area contributed by atoms with E-state index in [1.54, 1.807) is 6.07 Å². The molecule has 126 valence electrons. The first kappa shape index (κ1) is 16.5. The molecule has 3 rings (SSSR count).